The lowest BCUT2D eigenvalue weighted by atomic mass is 10.2. The molecule has 1 saturated carbocycles. The zero-order chi connectivity index (χ0) is 10.3. The Kier molecular flexibility index (Phi) is 2.18. The van der Waals surface area contributed by atoms with Crippen molar-refractivity contribution < 1.29 is 14.3 Å². The Hall–Kier alpha value is -0.770. The molecule has 0 radical (unpaired) electrons. The maximum atomic E-state index is 11.4. The van der Waals surface area contributed by atoms with Gasteiger partial charge in [0.1, 0.15) is 5.60 Å². The van der Waals surface area contributed by atoms with Gasteiger partial charge in [0.2, 0.25) is 0 Å². The summed E-state index contributed by atoms with van der Waals surface area (Å²) in [5, 5.41) is 2.87. The van der Waals surface area contributed by atoms with Crippen LogP contribution in [0.3, 0.4) is 0 Å². The minimum absolute atomic E-state index is 0.290. The number of carbonyl (C=O) groups excluding carboxylic acids is 1. The third-order valence-electron chi connectivity index (χ3n) is 2.64. The van der Waals surface area contributed by atoms with Crippen LogP contribution in [-0.4, -0.2) is 30.9 Å². The van der Waals surface area contributed by atoms with Crippen LogP contribution in [0.5, 0.6) is 0 Å². The van der Waals surface area contributed by atoms with Gasteiger partial charge in [-0.25, -0.2) is 4.79 Å². The van der Waals surface area contributed by atoms with Crippen molar-refractivity contribution >= 4 is 6.09 Å². The van der Waals surface area contributed by atoms with E-state index in [1.54, 1.807) is 0 Å². The van der Waals surface area contributed by atoms with Crippen LogP contribution in [-0.2, 0) is 9.47 Å². The summed E-state index contributed by atoms with van der Waals surface area (Å²) in [7, 11) is 0. The van der Waals surface area contributed by atoms with Crippen molar-refractivity contribution in [3.05, 3.63) is 0 Å². The number of alkyl carbamates (subject to hydrolysis) is 1. The molecule has 2 rings (SSSR count). The van der Waals surface area contributed by atoms with E-state index in [-0.39, 0.29) is 6.09 Å². The predicted molar refractivity (Wildman–Crippen MR) is 51.0 cm³/mol. The lowest BCUT2D eigenvalue weighted by Crippen LogP contribution is -2.35. The molecule has 4 nitrogen and oxygen atoms in total. The number of hydrogen-bond donors (Lipinski definition) is 1. The summed E-state index contributed by atoms with van der Waals surface area (Å²) in [5.74, 6) is 1.06. The lowest BCUT2D eigenvalue weighted by Gasteiger charge is -2.20. The topological polar surface area (TPSA) is 47.6 Å². The average molecular weight is 199 g/mol. The minimum atomic E-state index is -0.412. The van der Waals surface area contributed by atoms with Crippen LogP contribution < -0.4 is 5.32 Å². The van der Waals surface area contributed by atoms with Crippen LogP contribution in [0.4, 0.5) is 4.79 Å². The van der Waals surface area contributed by atoms with E-state index in [0.717, 1.165) is 13.2 Å². The third-order valence-corrected chi connectivity index (χ3v) is 2.64. The predicted octanol–water partition coefficient (Wildman–Crippen LogP) is 1.16. The monoisotopic (exact) mass is 199 g/mol. The number of fused-ring (bicyclic) bond motifs is 1. The van der Waals surface area contributed by atoms with Gasteiger partial charge in [-0.1, -0.05) is 0 Å². The lowest BCUT2D eigenvalue weighted by molar-refractivity contribution is 0.0503. The summed E-state index contributed by atoms with van der Waals surface area (Å²) in [6, 6.07) is 0.290. The standard InChI is InChI=1S/C10H17NO3/c1-10(2,3)14-9(12)11-8-6-4-13-5-7(6)8/h6-8H,4-5H2,1-3H3,(H,11,12)/t6-,7-/m1/s1. The smallest absolute Gasteiger partial charge is 0.407 e. The summed E-state index contributed by atoms with van der Waals surface area (Å²) in [4.78, 5) is 11.4. The second kappa shape index (κ2) is 3.12. The molecule has 1 N–H and O–H groups in total. The van der Waals surface area contributed by atoms with Crippen LogP contribution in [0.2, 0.25) is 0 Å². The first-order valence-electron chi connectivity index (χ1n) is 5.04. The fourth-order valence-corrected chi connectivity index (χ4v) is 1.90. The van der Waals surface area contributed by atoms with Gasteiger partial charge in [0.05, 0.1) is 13.2 Å². The first-order valence-corrected chi connectivity index (χ1v) is 5.04. The van der Waals surface area contributed by atoms with Crippen molar-refractivity contribution in [2.45, 2.75) is 32.4 Å². The molecular formula is C10H17NO3. The molecule has 14 heavy (non-hydrogen) atoms. The Balaban J connectivity index is 1.74. The van der Waals surface area contributed by atoms with Crippen molar-refractivity contribution in [3.8, 4) is 0 Å². The molecule has 1 amide bonds. The van der Waals surface area contributed by atoms with Crippen molar-refractivity contribution in [3.63, 3.8) is 0 Å². The fourth-order valence-electron chi connectivity index (χ4n) is 1.90. The number of nitrogens with one attached hydrogen (secondary N) is 1. The quantitative estimate of drug-likeness (QED) is 0.689. The molecule has 0 aromatic rings. The average Bonchev–Trinajstić information content (AvgIpc) is 2.50. The Morgan fingerprint density at radius 1 is 1.36 bits per heavy atom. The van der Waals surface area contributed by atoms with Crippen molar-refractivity contribution in [1.82, 2.24) is 5.32 Å². The van der Waals surface area contributed by atoms with Crippen molar-refractivity contribution in [1.29, 1.82) is 0 Å². The van der Waals surface area contributed by atoms with Gasteiger partial charge in [-0.2, -0.15) is 0 Å². The maximum absolute atomic E-state index is 11.4. The molecular weight excluding hydrogens is 182 g/mol. The Morgan fingerprint density at radius 3 is 2.43 bits per heavy atom. The van der Waals surface area contributed by atoms with E-state index in [0.29, 0.717) is 17.9 Å². The number of rotatable bonds is 1. The number of hydrogen-bond acceptors (Lipinski definition) is 3. The summed E-state index contributed by atoms with van der Waals surface area (Å²) >= 11 is 0. The summed E-state index contributed by atoms with van der Waals surface area (Å²) in [5.41, 5.74) is -0.412. The van der Waals surface area contributed by atoms with Gasteiger partial charge >= 0.3 is 6.09 Å². The van der Waals surface area contributed by atoms with E-state index < -0.39 is 5.60 Å². The summed E-state index contributed by atoms with van der Waals surface area (Å²) < 4.78 is 10.4. The van der Waals surface area contributed by atoms with Crippen LogP contribution in [0.15, 0.2) is 0 Å². The number of amides is 1. The van der Waals surface area contributed by atoms with E-state index in [9.17, 15) is 4.79 Å². The zero-order valence-electron chi connectivity index (χ0n) is 8.87. The van der Waals surface area contributed by atoms with Gasteiger partial charge in [0.15, 0.2) is 0 Å². The molecule has 0 spiro atoms. The normalized spacial score (nSPS) is 34.9. The van der Waals surface area contributed by atoms with Crippen molar-refractivity contribution in [2.24, 2.45) is 11.8 Å². The van der Waals surface area contributed by atoms with Crippen LogP contribution in [0.25, 0.3) is 0 Å². The molecule has 0 unspecified atom stereocenters. The highest BCUT2D eigenvalue weighted by molar-refractivity contribution is 5.68. The van der Waals surface area contributed by atoms with Gasteiger partial charge in [-0.3, -0.25) is 0 Å². The van der Waals surface area contributed by atoms with E-state index in [4.69, 9.17) is 9.47 Å². The van der Waals surface area contributed by atoms with Crippen LogP contribution in [0, 0.1) is 11.8 Å². The zero-order valence-corrected chi connectivity index (χ0v) is 8.87. The first-order chi connectivity index (χ1) is 6.47. The first kappa shape index (κ1) is 9.77. The number of carbonyl (C=O) groups is 1. The highest BCUT2D eigenvalue weighted by Gasteiger charge is 2.55. The van der Waals surface area contributed by atoms with Gasteiger partial charge in [0, 0.05) is 17.9 Å². The molecule has 2 atom stereocenters. The summed E-state index contributed by atoms with van der Waals surface area (Å²) in [6.07, 6.45) is -0.308. The Labute approximate surface area is 84.0 Å². The molecule has 2 fully saturated rings. The van der Waals surface area contributed by atoms with Crippen molar-refractivity contribution in [2.75, 3.05) is 13.2 Å². The highest BCUT2D eigenvalue weighted by Crippen LogP contribution is 2.44. The molecule has 1 heterocycles. The molecule has 0 aromatic carbocycles. The largest absolute Gasteiger partial charge is 0.444 e. The maximum Gasteiger partial charge on any atom is 0.407 e. The Bertz CT molecular complexity index is 236. The molecule has 80 valence electrons. The molecule has 1 saturated heterocycles. The molecule has 0 bridgehead atoms. The van der Waals surface area contributed by atoms with E-state index >= 15 is 0 Å². The van der Waals surface area contributed by atoms with Gasteiger partial charge in [0.25, 0.3) is 0 Å². The Morgan fingerprint density at radius 2 is 1.93 bits per heavy atom. The second-order valence-electron chi connectivity index (χ2n) is 5.04. The van der Waals surface area contributed by atoms with Gasteiger partial charge in [-0.15, -0.1) is 0 Å². The van der Waals surface area contributed by atoms with E-state index in [1.165, 1.54) is 0 Å². The third kappa shape index (κ3) is 2.00. The second-order valence-corrected chi connectivity index (χ2v) is 5.04. The number of ether oxygens (including phenoxy) is 2. The van der Waals surface area contributed by atoms with Crippen LogP contribution >= 0.6 is 0 Å². The molecule has 4 heteroatoms. The molecule has 2 aliphatic rings. The van der Waals surface area contributed by atoms with E-state index in [2.05, 4.69) is 5.32 Å². The van der Waals surface area contributed by atoms with Gasteiger partial charge < -0.3 is 14.8 Å². The fraction of sp³-hybridized carbons (Fsp3) is 0.900. The highest BCUT2D eigenvalue weighted by atomic mass is 16.6. The minimum Gasteiger partial charge on any atom is -0.444 e. The molecule has 0 aromatic heterocycles. The molecule has 1 aliphatic carbocycles. The van der Waals surface area contributed by atoms with Crippen LogP contribution in [0.1, 0.15) is 20.8 Å². The SMILES string of the molecule is CC(C)(C)OC(=O)NC1[C@@H]2COC[C@@H]12. The molecule has 1 aliphatic heterocycles. The van der Waals surface area contributed by atoms with Gasteiger partial charge in [-0.05, 0) is 20.8 Å². The summed E-state index contributed by atoms with van der Waals surface area (Å²) in [6.45, 7) is 7.16. The van der Waals surface area contributed by atoms with E-state index in [1.807, 2.05) is 20.8 Å².